The third kappa shape index (κ3) is 4.20. The SMILES string of the molecule is O=C(c1cc2c(cc1-c1ccn3c1CCCC3)OCO2)N1Cc2ccccc2C[C@H]1CN1CCOCC1. The van der Waals surface area contributed by atoms with Gasteiger partial charge in [-0.3, -0.25) is 9.69 Å². The Labute approximate surface area is 217 Å². The lowest BCUT2D eigenvalue weighted by molar-refractivity contribution is 0.0193. The van der Waals surface area contributed by atoms with E-state index in [2.05, 4.69) is 50.9 Å². The van der Waals surface area contributed by atoms with Crippen LogP contribution < -0.4 is 9.47 Å². The van der Waals surface area contributed by atoms with E-state index in [0.29, 0.717) is 17.9 Å². The number of aryl methyl sites for hydroxylation is 1. The maximum atomic E-state index is 14.5. The fourth-order valence-corrected chi connectivity index (χ4v) is 6.38. The van der Waals surface area contributed by atoms with Crippen LogP contribution in [-0.2, 0) is 30.7 Å². The van der Waals surface area contributed by atoms with Gasteiger partial charge in [0.2, 0.25) is 6.79 Å². The minimum absolute atomic E-state index is 0.0665. The molecule has 1 amide bonds. The maximum absolute atomic E-state index is 14.5. The topological polar surface area (TPSA) is 56.2 Å². The lowest BCUT2D eigenvalue weighted by Crippen LogP contribution is -2.52. The Kier molecular flexibility index (Phi) is 5.90. The fraction of sp³-hybridized carbons (Fsp3) is 0.433. The molecule has 4 aliphatic heterocycles. The molecule has 0 aliphatic carbocycles. The molecule has 7 nitrogen and oxygen atoms in total. The third-order valence-corrected chi connectivity index (χ3v) is 8.36. The van der Waals surface area contributed by atoms with Gasteiger partial charge in [0.25, 0.3) is 5.91 Å². The molecular weight excluding hydrogens is 466 g/mol. The quantitative estimate of drug-likeness (QED) is 0.541. The molecule has 37 heavy (non-hydrogen) atoms. The maximum Gasteiger partial charge on any atom is 0.255 e. The highest BCUT2D eigenvalue weighted by molar-refractivity contribution is 6.02. The summed E-state index contributed by atoms with van der Waals surface area (Å²) in [6, 6.07) is 14.8. The second kappa shape index (κ2) is 9.54. The van der Waals surface area contributed by atoms with Crippen LogP contribution in [0.3, 0.4) is 0 Å². The van der Waals surface area contributed by atoms with Crippen LogP contribution in [0.1, 0.15) is 40.0 Å². The number of aromatic nitrogens is 1. The molecule has 0 bridgehead atoms. The van der Waals surface area contributed by atoms with Crippen molar-refractivity contribution in [3.05, 3.63) is 71.0 Å². The van der Waals surface area contributed by atoms with Crippen molar-refractivity contribution in [1.82, 2.24) is 14.4 Å². The summed E-state index contributed by atoms with van der Waals surface area (Å²) in [5.41, 5.74) is 6.69. The van der Waals surface area contributed by atoms with E-state index in [-0.39, 0.29) is 18.7 Å². The number of carbonyl (C=O) groups excluding carboxylic acids is 1. The minimum Gasteiger partial charge on any atom is -0.454 e. The standard InChI is InChI=1S/C30H33N3O4/c34-30(33-18-22-6-2-1-5-21(22)15-23(33)19-31-11-13-35-14-12-31)26-17-29-28(36-20-37-29)16-25(26)24-8-10-32-9-4-3-7-27(24)32/h1-2,5-6,8,10,16-17,23H,3-4,7,9,11-15,18-20H2/t23-/m0/s1. The molecule has 0 radical (unpaired) electrons. The van der Waals surface area contributed by atoms with Crippen LogP contribution in [0.25, 0.3) is 11.1 Å². The molecule has 1 fully saturated rings. The predicted octanol–water partition coefficient (Wildman–Crippen LogP) is 4.12. The summed E-state index contributed by atoms with van der Waals surface area (Å²) >= 11 is 0. The van der Waals surface area contributed by atoms with E-state index in [9.17, 15) is 4.79 Å². The molecular formula is C30H33N3O4. The Hall–Kier alpha value is -3.29. The Bertz CT molecular complexity index is 1330. The monoisotopic (exact) mass is 499 g/mol. The van der Waals surface area contributed by atoms with Gasteiger partial charge in [-0.05, 0) is 55.0 Å². The molecule has 4 aliphatic rings. The van der Waals surface area contributed by atoms with Crippen LogP contribution in [0.15, 0.2) is 48.7 Å². The van der Waals surface area contributed by atoms with Gasteiger partial charge in [0, 0.05) is 61.8 Å². The second-order valence-electron chi connectivity index (χ2n) is 10.6. The largest absolute Gasteiger partial charge is 0.454 e. The molecule has 192 valence electrons. The Morgan fingerprint density at radius 1 is 0.919 bits per heavy atom. The lowest BCUT2D eigenvalue weighted by atomic mass is 9.91. The second-order valence-corrected chi connectivity index (χ2v) is 10.6. The number of ether oxygens (including phenoxy) is 3. The summed E-state index contributed by atoms with van der Waals surface area (Å²) in [6.45, 7) is 6.02. The van der Waals surface area contributed by atoms with E-state index in [1.165, 1.54) is 29.7 Å². The van der Waals surface area contributed by atoms with Crippen LogP contribution in [-0.4, -0.2) is 66.0 Å². The molecule has 1 saturated heterocycles. The van der Waals surface area contributed by atoms with Gasteiger partial charge >= 0.3 is 0 Å². The zero-order chi connectivity index (χ0) is 24.8. The number of carbonyl (C=O) groups is 1. The van der Waals surface area contributed by atoms with Crippen molar-refractivity contribution in [3.8, 4) is 22.6 Å². The van der Waals surface area contributed by atoms with Crippen LogP contribution in [0.4, 0.5) is 0 Å². The first-order valence-corrected chi connectivity index (χ1v) is 13.5. The predicted molar refractivity (Wildman–Crippen MR) is 140 cm³/mol. The molecule has 0 spiro atoms. The number of hydrogen-bond acceptors (Lipinski definition) is 5. The molecule has 7 heteroatoms. The van der Waals surface area contributed by atoms with E-state index < -0.39 is 0 Å². The van der Waals surface area contributed by atoms with E-state index in [4.69, 9.17) is 14.2 Å². The number of benzene rings is 2. The first kappa shape index (κ1) is 22.9. The summed E-state index contributed by atoms with van der Waals surface area (Å²) in [7, 11) is 0. The average molecular weight is 500 g/mol. The smallest absolute Gasteiger partial charge is 0.255 e. The summed E-state index contributed by atoms with van der Waals surface area (Å²) in [6.07, 6.45) is 6.43. The van der Waals surface area contributed by atoms with Crippen molar-refractivity contribution >= 4 is 5.91 Å². The van der Waals surface area contributed by atoms with E-state index in [1.807, 2.05) is 12.1 Å². The number of amides is 1. The van der Waals surface area contributed by atoms with Crippen LogP contribution in [0.5, 0.6) is 11.5 Å². The molecule has 1 aromatic heterocycles. The van der Waals surface area contributed by atoms with E-state index in [1.54, 1.807) is 0 Å². The van der Waals surface area contributed by atoms with Crippen molar-refractivity contribution in [2.75, 3.05) is 39.6 Å². The number of hydrogen-bond donors (Lipinski definition) is 0. The number of rotatable bonds is 4. The van der Waals surface area contributed by atoms with Crippen LogP contribution in [0.2, 0.25) is 0 Å². The summed E-state index contributed by atoms with van der Waals surface area (Å²) in [5, 5.41) is 0. The summed E-state index contributed by atoms with van der Waals surface area (Å²) < 4.78 is 19.4. The van der Waals surface area contributed by atoms with Crippen molar-refractivity contribution in [1.29, 1.82) is 0 Å². The molecule has 5 heterocycles. The van der Waals surface area contributed by atoms with Gasteiger partial charge in [-0.15, -0.1) is 0 Å². The highest BCUT2D eigenvalue weighted by atomic mass is 16.7. The number of morpholine rings is 1. The minimum atomic E-state index is 0.0665. The molecule has 3 aromatic rings. The van der Waals surface area contributed by atoms with Crippen LogP contribution >= 0.6 is 0 Å². The van der Waals surface area contributed by atoms with Crippen molar-refractivity contribution < 1.29 is 19.0 Å². The molecule has 0 saturated carbocycles. The summed E-state index contributed by atoms with van der Waals surface area (Å²) in [5.74, 6) is 1.44. The average Bonchev–Trinajstić information content (AvgIpc) is 3.59. The number of fused-ring (bicyclic) bond motifs is 3. The Balaban J connectivity index is 1.29. The number of nitrogens with zero attached hydrogens (tertiary/aromatic N) is 3. The van der Waals surface area contributed by atoms with Gasteiger partial charge < -0.3 is 23.7 Å². The zero-order valence-corrected chi connectivity index (χ0v) is 21.2. The first-order valence-electron chi connectivity index (χ1n) is 13.5. The first-order chi connectivity index (χ1) is 18.2. The van der Waals surface area contributed by atoms with Crippen LogP contribution in [0, 0.1) is 0 Å². The molecule has 2 aromatic carbocycles. The molecule has 0 N–H and O–H groups in total. The highest BCUT2D eigenvalue weighted by Gasteiger charge is 2.34. The van der Waals surface area contributed by atoms with Gasteiger partial charge in [-0.25, -0.2) is 0 Å². The van der Waals surface area contributed by atoms with Gasteiger partial charge in [0.05, 0.1) is 18.8 Å². The highest BCUT2D eigenvalue weighted by Crippen LogP contribution is 2.42. The third-order valence-electron chi connectivity index (χ3n) is 8.36. The lowest BCUT2D eigenvalue weighted by Gasteiger charge is -2.40. The van der Waals surface area contributed by atoms with E-state index in [0.717, 1.165) is 69.1 Å². The Morgan fingerprint density at radius 2 is 1.73 bits per heavy atom. The van der Waals surface area contributed by atoms with Crippen molar-refractivity contribution in [2.24, 2.45) is 0 Å². The molecule has 1 atom stereocenters. The Morgan fingerprint density at radius 3 is 2.59 bits per heavy atom. The van der Waals surface area contributed by atoms with E-state index >= 15 is 0 Å². The van der Waals surface area contributed by atoms with Crippen molar-refractivity contribution in [2.45, 2.75) is 44.8 Å². The normalized spacial score (nSPS) is 21.0. The van der Waals surface area contributed by atoms with Crippen molar-refractivity contribution in [3.63, 3.8) is 0 Å². The fourth-order valence-electron chi connectivity index (χ4n) is 6.38. The van der Waals surface area contributed by atoms with Gasteiger partial charge in [-0.2, -0.15) is 0 Å². The molecule has 0 unspecified atom stereocenters. The molecule has 7 rings (SSSR count). The van der Waals surface area contributed by atoms with Gasteiger partial charge in [-0.1, -0.05) is 24.3 Å². The zero-order valence-electron chi connectivity index (χ0n) is 21.2. The van der Waals surface area contributed by atoms with Gasteiger partial charge in [0.1, 0.15) is 0 Å². The van der Waals surface area contributed by atoms with Gasteiger partial charge in [0.15, 0.2) is 11.5 Å². The summed E-state index contributed by atoms with van der Waals surface area (Å²) in [4.78, 5) is 19.1.